The fourth-order valence-corrected chi connectivity index (χ4v) is 3.48. The van der Waals surface area contributed by atoms with E-state index in [0.717, 1.165) is 38.4 Å². The van der Waals surface area contributed by atoms with E-state index < -0.39 is 11.7 Å². The number of nitrogens with zero attached hydrogens (tertiary/aromatic N) is 4. The lowest BCUT2D eigenvalue weighted by atomic mass is 10.1. The van der Waals surface area contributed by atoms with Crippen molar-refractivity contribution >= 4 is 35.6 Å². The Kier molecular flexibility index (Phi) is 9.48. The zero-order valence-corrected chi connectivity index (χ0v) is 20.2. The number of hydrogen-bond donors (Lipinski definition) is 2. The molecule has 1 fully saturated rings. The summed E-state index contributed by atoms with van der Waals surface area (Å²) >= 11 is 0. The Morgan fingerprint density at radius 3 is 2.35 bits per heavy atom. The topological polar surface area (TPSA) is 47.8 Å². The van der Waals surface area contributed by atoms with Crippen molar-refractivity contribution in [1.29, 1.82) is 0 Å². The van der Waals surface area contributed by atoms with E-state index in [9.17, 15) is 13.2 Å². The minimum Gasteiger partial charge on any atom is -0.369 e. The fraction of sp³-hybridized carbons (Fsp3) is 0.476. The van der Waals surface area contributed by atoms with Crippen LogP contribution in [0.1, 0.15) is 11.1 Å². The number of benzene rings is 1. The Bertz CT molecular complexity index is 830. The van der Waals surface area contributed by atoms with Gasteiger partial charge in [-0.3, -0.25) is 4.99 Å². The van der Waals surface area contributed by atoms with Gasteiger partial charge in [-0.2, -0.15) is 13.2 Å². The van der Waals surface area contributed by atoms with E-state index in [1.807, 2.05) is 29.1 Å². The molecule has 0 radical (unpaired) electrons. The first kappa shape index (κ1) is 25.3. The summed E-state index contributed by atoms with van der Waals surface area (Å²) in [6.45, 7) is 5.03. The van der Waals surface area contributed by atoms with Crippen LogP contribution in [-0.2, 0) is 19.3 Å². The standard InChI is InChI=1S/C21H29F3N6.HI/c1-25-20(26-7-10-29-8-3-4-9-29)27-16-17-15-18(21(22,23)24)5-6-19(17)30-13-11-28(2)12-14-30;/h3-6,8-9,15H,7,10-14,16H2,1-2H3,(H2,25,26,27);1H. The van der Waals surface area contributed by atoms with E-state index in [2.05, 4.69) is 32.5 Å². The summed E-state index contributed by atoms with van der Waals surface area (Å²) in [5.74, 6) is 0.559. The fourth-order valence-electron chi connectivity index (χ4n) is 3.48. The number of likely N-dealkylation sites (N-methyl/N-ethyl adjacent to an activating group) is 1. The van der Waals surface area contributed by atoms with Crippen LogP contribution in [0.15, 0.2) is 47.7 Å². The highest BCUT2D eigenvalue weighted by Gasteiger charge is 2.31. The van der Waals surface area contributed by atoms with E-state index in [0.29, 0.717) is 18.1 Å². The van der Waals surface area contributed by atoms with Gasteiger partial charge in [0.25, 0.3) is 0 Å². The molecule has 0 aliphatic carbocycles. The highest BCUT2D eigenvalue weighted by molar-refractivity contribution is 14.0. The number of guanidine groups is 1. The number of hydrogen-bond acceptors (Lipinski definition) is 3. The molecular formula is C21H30F3IN6. The predicted octanol–water partition coefficient (Wildman–Crippen LogP) is 3.24. The van der Waals surface area contributed by atoms with Crippen molar-refractivity contribution in [1.82, 2.24) is 20.1 Å². The first-order chi connectivity index (χ1) is 14.4. The summed E-state index contributed by atoms with van der Waals surface area (Å²) in [5.41, 5.74) is 0.821. The van der Waals surface area contributed by atoms with Crippen molar-refractivity contribution < 1.29 is 13.2 Å². The molecule has 6 nitrogen and oxygen atoms in total. The molecule has 0 spiro atoms. The van der Waals surface area contributed by atoms with Gasteiger partial charge in [0.05, 0.1) is 5.56 Å². The Balaban J connectivity index is 0.00000341. The number of aliphatic imine (C=N–C) groups is 1. The van der Waals surface area contributed by atoms with Gasteiger partial charge in [0.1, 0.15) is 0 Å². The van der Waals surface area contributed by atoms with Crippen molar-refractivity contribution in [3.8, 4) is 0 Å². The highest BCUT2D eigenvalue weighted by Crippen LogP contribution is 2.33. The average molecular weight is 550 g/mol. The number of anilines is 1. The molecule has 172 valence electrons. The SMILES string of the molecule is CN=C(NCCn1cccc1)NCc1cc(C(F)(F)F)ccc1N1CCN(C)CC1.I. The van der Waals surface area contributed by atoms with Gasteiger partial charge >= 0.3 is 6.18 Å². The van der Waals surface area contributed by atoms with Gasteiger partial charge in [0.2, 0.25) is 0 Å². The highest BCUT2D eigenvalue weighted by atomic mass is 127. The van der Waals surface area contributed by atoms with Crippen molar-refractivity contribution in [3.05, 3.63) is 53.9 Å². The molecule has 2 N–H and O–H groups in total. The second-order valence-electron chi connectivity index (χ2n) is 7.40. The number of piperazine rings is 1. The third-order valence-corrected chi connectivity index (χ3v) is 5.25. The summed E-state index contributed by atoms with van der Waals surface area (Å²) in [6, 6.07) is 7.92. The van der Waals surface area contributed by atoms with Crippen LogP contribution in [-0.4, -0.2) is 62.2 Å². The van der Waals surface area contributed by atoms with Crippen LogP contribution in [0.2, 0.25) is 0 Å². The summed E-state index contributed by atoms with van der Waals surface area (Å²) in [6.07, 6.45) is -0.419. The number of rotatable bonds is 6. The molecule has 0 bridgehead atoms. The van der Waals surface area contributed by atoms with E-state index in [-0.39, 0.29) is 30.5 Å². The van der Waals surface area contributed by atoms with Crippen LogP contribution in [0.5, 0.6) is 0 Å². The van der Waals surface area contributed by atoms with Crippen molar-refractivity contribution in [3.63, 3.8) is 0 Å². The second kappa shape index (κ2) is 11.6. The Morgan fingerprint density at radius 2 is 1.74 bits per heavy atom. The maximum absolute atomic E-state index is 13.3. The number of halogens is 4. The molecule has 2 heterocycles. The van der Waals surface area contributed by atoms with Crippen LogP contribution in [0.4, 0.5) is 18.9 Å². The molecular weight excluding hydrogens is 520 g/mol. The van der Waals surface area contributed by atoms with E-state index >= 15 is 0 Å². The second-order valence-corrected chi connectivity index (χ2v) is 7.40. The van der Waals surface area contributed by atoms with Crippen molar-refractivity contribution in [2.45, 2.75) is 19.3 Å². The van der Waals surface area contributed by atoms with Crippen LogP contribution in [0.3, 0.4) is 0 Å². The molecule has 1 aliphatic heterocycles. The quantitative estimate of drug-likeness (QED) is 0.330. The number of nitrogens with one attached hydrogen (secondary N) is 2. The molecule has 0 amide bonds. The molecule has 31 heavy (non-hydrogen) atoms. The minimum absolute atomic E-state index is 0. The van der Waals surface area contributed by atoms with Gasteiger partial charge in [-0.25, -0.2) is 0 Å². The maximum atomic E-state index is 13.3. The van der Waals surface area contributed by atoms with Gasteiger partial charge < -0.3 is 25.0 Å². The lowest BCUT2D eigenvalue weighted by Crippen LogP contribution is -2.45. The van der Waals surface area contributed by atoms with Crippen LogP contribution in [0, 0.1) is 0 Å². The molecule has 2 aromatic rings. The van der Waals surface area contributed by atoms with Gasteiger partial charge in [0, 0.05) is 70.9 Å². The summed E-state index contributed by atoms with van der Waals surface area (Å²) < 4.78 is 41.9. The first-order valence-corrected chi connectivity index (χ1v) is 10.1. The van der Waals surface area contributed by atoms with Gasteiger partial charge in [-0.15, -0.1) is 24.0 Å². The molecule has 0 unspecified atom stereocenters. The molecule has 0 atom stereocenters. The Hall–Kier alpha value is -1.95. The summed E-state index contributed by atoms with van der Waals surface area (Å²) in [5, 5.41) is 6.36. The lowest BCUT2D eigenvalue weighted by molar-refractivity contribution is -0.137. The van der Waals surface area contributed by atoms with Crippen LogP contribution in [0.25, 0.3) is 0 Å². The molecule has 3 rings (SSSR count). The molecule has 1 aliphatic rings. The maximum Gasteiger partial charge on any atom is 0.416 e. The predicted molar refractivity (Wildman–Crippen MR) is 129 cm³/mol. The molecule has 1 aromatic heterocycles. The largest absolute Gasteiger partial charge is 0.416 e. The molecule has 10 heteroatoms. The summed E-state index contributed by atoms with van der Waals surface area (Å²) in [7, 11) is 3.70. The normalized spacial score (nSPS) is 15.5. The van der Waals surface area contributed by atoms with Gasteiger partial charge in [-0.05, 0) is 42.9 Å². The van der Waals surface area contributed by atoms with Gasteiger partial charge in [-0.1, -0.05) is 0 Å². The van der Waals surface area contributed by atoms with E-state index in [1.54, 1.807) is 13.1 Å². The molecule has 0 saturated carbocycles. The van der Waals surface area contributed by atoms with Crippen molar-refractivity contribution in [2.24, 2.45) is 4.99 Å². The summed E-state index contributed by atoms with van der Waals surface area (Å²) in [4.78, 5) is 8.56. The number of alkyl halides is 3. The average Bonchev–Trinajstić information content (AvgIpc) is 3.24. The Labute approximate surface area is 198 Å². The first-order valence-electron chi connectivity index (χ1n) is 10.1. The van der Waals surface area contributed by atoms with Gasteiger partial charge in [0.15, 0.2) is 5.96 Å². The van der Waals surface area contributed by atoms with Crippen molar-refractivity contribution in [2.75, 3.05) is 51.7 Å². The molecule has 1 saturated heterocycles. The van der Waals surface area contributed by atoms with E-state index in [1.165, 1.54) is 12.1 Å². The van der Waals surface area contributed by atoms with Crippen LogP contribution >= 0.6 is 24.0 Å². The minimum atomic E-state index is -4.37. The zero-order chi connectivity index (χ0) is 21.6. The third kappa shape index (κ3) is 7.30. The third-order valence-electron chi connectivity index (χ3n) is 5.25. The van der Waals surface area contributed by atoms with E-state index in [4.69, 9.17) is 0 Å². The van der Waals surface area contributed by atoms with Crippen LogP contribution < -0.4 is 15.5 Å². The lowest BCUT2D eigenvalue weighted by Gasteiger charge is -2.35. The smallest absolute Gasteiger partial charge is 0.369 e. The monoisotopic (exact) mass is 550 g/mol. The zero-order valence-electron chi connectivity index (χ0n) is 17.8. The number of aromatic nitrogens is 1. The molecule has 1 aromatic carbocycles. The Morgan fingerprint density at radius 1 is 1.06 bits per heavy atom.